The van der Waals surface area contributed by atoms with Gasteiger partial charge in [-0.1, -0.05) is 5.21 Å². The number of aromatic nitrogens is 3. The zero-order valence-corrected chi connectivity index (χ0v) is 11.4. The highest BCUT2D eigenvalue weighted by molar-refractivity contribution is 5.86. The van der Waals surface area contributed by atoms with Gasteiger partial charge >= 0.3 is 12.0 Å². The molecule has 0 aromatic carbocycles. The van der Waals surface area contributed by atoms with Crippen LogP contribution >= 0.6 is 0 Å². The molecule has 2 heterocycles. The van der Waals surface area contributed by atoms with Gasteiger partial charge < -0.3 is 15.3 Å². The number of hydrogen-bond donors (Lipinski definition) is 2. The Balaban J connectivity index is 1.78. The third kappa shape index (κ3) is 2.89. The lowest BCUT2D eigenvalue weighted by Crippen LogP contribution is -2.54. The normalized spacial score (nSPS) is 21.9. The van der Waals surface area contributed by atoms with Crippen LogP contribution in [0.1, 0.15) is 26.2 Å². The average molecular weight is 281 g/mol. The molecule has 0 spiro atoms. The lowest BCUT2D eigenvalue weighted by molar-refractivity contribution is -0.147. The summed E-state index contributed by atoms with van der Waals surface area (Å²) in [5.41, 5.74) is -1.09. The van der Waals surface area contributed by atoms with E-state index in [4.69, 9.17) is 0 Å². The van der Waals surface area contributed by atoms with E-state index in [1.165, 1.54) is 4.90 Å². The maximum atomic E-state index is 12.0. The Labute approximate surface area is 116 Å². The molecule has 1 atom stereocenters. The minimum absolute atomic E-state index is 0.314. The van der Waals surface area contributed by atoms with E-state index in [9.17, 15) is 14.7 Å². The minimum Gasteiger partial charge on any atom is -0.480 e. The molecule has 1 fully saturated rings. The first-order valence-corrected chi connectivity index (χ1v) is 6.67. The van der Waals surface area contributed by atoms with Crippen molar-refractivity contribution in [3.8, 4) is 0 Å². The van der Waals surface area contributed by atoms with E-state index >= 15 is 0 Å². The number of nitrogens with zero attached hydrogens (tertiary/aromatic N) is 4. The standard InChI is InChI=1S/C12H19N5O3/c1-12(10(18)19)4-2-8-17(12)11(20)13-5-3-7-16-9-6-14-15-16/h6,9H,2-5,7-8H2,1H3,(H,13,20)(H,18,19). The fourth-order valence-electron chi connectivity index (χ4n) is 2.39. The van der Waals surface area contributed by atoms with Crippen LogP contribution in [0.2, 0.25) is 0 Å². The van der Waals surface area contributed by atoms with Crippen molar-refractivity contribution in [2.75, 3.05) is 13.1 Å². The largest absolute Gasteiger partial charge is 0.480 e. The lowest BCUT2D eigenvalue weighted by atomic mass is 10.00. The highest BCUT2D eigenvalue weighted by Crippen LogP contribution is 2.29. The van der Waals surface area contributed by atoms with Crippen molar-refractivity contribution in [3.63, 3.8) is 0 Å². The van der Waals surface area contributed by atoms with Gasteiger partial charge in [-0.3, -0.25) is 4.68 Å². The minimum atomic E-state index is -1.09. The summed E-state index contributed by atoms with van der Waals surface area (Å²) in [6, 6.07) is -0.314. The van der Waals surface area contributed by atoms with E-state index in [2.05, 4.69) is 15.6 Å². The third-order valence-electron chi connectivity index (χ3n) is 3.66. The van der Waals surface area contributed by atoms with E-state index < -0.39 is 11.5 Å². The van der Waals surface area contributed by atoms with Gasteiger partial charge in [-0.05, 0) is 26.2 Å². The number of carbonyl (C=O) groups is 2. The van der Waals surface area contributed by atoms with E-state index in [1.54, 1.807) is 24.0 Å². The van der Waals surface area contributed by atoms with Crippen LogP contribution in [0.5, 0.6) is 0 Å². The number of carbonyl (C=O) groups excluding carboxylic acids is 1. The number of carboxylic acid groups (broad SMARTS) is 1. The molecule has 0 bridgehead atoms. The van der Waals surface area contributed by atoms with Crippen molar-refractivity contribution in [1.82, 2.24) is 25.2 Å². The summed E-state index contributed by atoms with van der Waals surface area (Å²) < 4.78 is 1.68. The molecule has 1 aromatic heterocycles. The molecule has 1 aliphatic heterocycles. The molecule has 8 nitrogen and oxygen atoms in total. The molecule has 1 aromatic rings. The molecular formula is C12H19N5O3. The van der Waals surface area contributed by atoms with Gasteiger partial charge in [-0.25, -0.2) is 9.59 Å². The highest BCUT2D eigenvalue weighted by Gasteiger charge is 2.45. The summed E-state index contributed by atoms with van der Waals surface area (Å²) in [5, 5.41) is 19.5. The third-order valence-corrected chi connectivity index (χ3v) is 3.66. The summed E-state index contributed by atoms with van der Waals surface area (Å²) in [5.74, 6) is -0.951. The zero-order chi connectivity index (χ0) is 14.6. The average Bonchev–Trinajstić information content (AvgIpc) is 3.04. The van der Waals surface area contributed by atoms with Crippen LogP contribution in [-0.2, 0) is 11.3 Å². The number of likely N-dealkylation sites (tertiary alicyclic amines) is 1. The van der Waals surface area contributed by atoms with Gasteiger partial charge in [-0.2, -0.15) is 0 Å². The van der Waals surface area contributed by atoms with Crippen LogP contribution in [-0.4, -0.2) is 55.6 Å². The van der Waals surface area contributed by atoms with Gasteiger partial charge in [0.15, 0.2) is 0 Å². The molecule has 0 radical (unpaired) electrons. The predicted molar refractivity (Wildman–Crippen MR) is 70.0 cm³/mol. The van der Waals surface area contributed by atoms with E-state index in [0.717, 1.165) is 6.42 Å². The zero-order valence-electron chi connectivity index (χ0n) is 11.4. The number of amides is 2. The monoisotopic (exact) mass is 281 g/mol. The quantitative estimate of drug-likeness (QED) is 0.757. The molecular weight excluding hydrogens is 262 g/mol. The number of aliphatic carboxylic acids is 1. The molecule has 1 saturated heterocycles. The first kappa shape index (κ1) is 14.3. The Bertz CT molecular complexity index is 475. The molecule has 0 aliphatic carbocycles. The molecule has 2 rings (SSSR count). The van der Waals surface area contributed by atoms with Crippen LogP contribution in [0.3, 0.4) is 0 Å². The SMILES string of the molecule is CC1(C(=O)O)CCCN1C(=O)NCCCn1ccnn1. The van der Waals surface area contributed by atoms with Crippen LogP contribution < -0.4 is 5.32 Å². The molecule has 2 amide bonds. The second-order valence-electron chi connectivity index (χ2n) is 5.09. The first-order valence-electron chi connectivity index (χ1n) is 6.67. The Kier molecular flexibility index (Phi) is 4.21. The fraction of sp³-hybridized carbons (Fsp3) is 0.667. The van der Waals surface area contributed by atoms with Gasteiger partial charge in [0.1, 0.15) is 5.54 Å². The summed E-state index contributed by atoms with van der Waals surface area (Å²) in [7, 11) is 0. The molecule has 110 valence electrons. The van der Waals surface area contributed by atoms with Gasteiger partial charge in [-0.15, -0.1) is 5.10 Å². The smallest absolute Gasteiger partial charge is 0.329 e. The Morgan fingerprint density at radius 1 is 1.50 bits per heavy atom. The van der Waals surface area contributed by atoms with Gasteiger partial charge in [0.05, 0.1) is 6.20 Å². The maximum absolute atomic E-state index is 12.0. The second kappa shape index (κ2) is 5.89. The van der Waals surface area contributed by atoms with Crippen LogP contribution in [0.15, 0.2) is 12.4 Å². The van der Waals surface area contributed by atoms with Gasteiger partial charge in [0, 0.05) is 25.8 Å². The summed E-state index contributed by atoms with van der Waals surface area (Å²) in [6.07, 6.45) is 5.28. The molecule has 8 heteroatoms. The van der Waals surface area contributed by atoms with Crippen molar-refractivity contribution in [3.05, 3.63) is 12.4 Å². The van der Waals surface area contributed by atoms with E-state index in [0.29, 0.717) is 32.5 Å². The number of hydrogen-bond acceptors (Lipinski definition) is 4. The van der Waals surface area contributed by atoms with E-state index in [1.807, 2.05) is 0 Å². The highest BCUT2D eigenvalue weighted by atomic mass is 16.4. The topological polar surface area (TPSA) is 100 Å². The Morgan fingerprint density at radius 3 is 2.95 bits per heavy atom. The predicted octanol–water partition coefficient (Wildman–Crippen LogP) is 0.317. The summed E-state index contributed by atoms with van der Waals surface area (Å²) in [6.45, 7) is 3.22. The summed E-state index contributed by atoms with van der Waals surface area (Å²) >= 11 is 0. The Morgan fingerprint density at radius 2 is 2.30 bits per heavy atom. The number of rotatable bonds is 5. The molecule has 1 aliphatic rings. The lowest BCUT2D eigenvalue weighted by Gasteiger charge is -2.31. The van der Waals surface area contributed by atoms with Crippen molar-refractivity contribution < 1.29 is 14.7 Å². The first-order chi connectivity index (χ1) is 9.54. The molecule has 20 heavy (non-hydrogen) atoms. The van der Waals surface area contributed by atoms with Gasteiger partial charge in [0.2, 0.25) is 0 Å². The summed E-state index contributed by atoms with van der Waals surface area (Å²) in [4.78, 5) is 24.7. The maximum Gasteiger partial charge on any atom is 0.329 e. The van der Waals surface area contributed by atoms with E-state index in [-0.39, 0.29) is 6.03 Å². The fourth-order valence-corrected chi connectivity index (χ4v) is 2.39. The second-order valence-corrected chi connectivity index (χ2v) is 5.09. The van der Waals surface area contributed by atoms with Crippen molar-refractivity contribution in [2.24, 2.45) is 0 Å². The van der Waals surface area contributed by atoms with Crippen LogP contribution in [0.4, 0.5) is 4.79 Å². The Hall–Kier alpha value is -2.12. The van der Waals surface area contributed by atoms with Crippen molar-refractivity contribution in [1.29, 1.82) is 0 Å². The number of nitrogens with one attached hydrogen (secondary N) is 1. The van der Waals surface area contributed by atoms with Crippen molar-refractivity contribution >= 4 is 12.0 Å². The number of urea groups is 1. The molecule has 2 N–H and O–H groups in total. The van der Waals surface area contributed by atoms with Crippen LogP contribution in [0.25, 0.3) is 0 Å². The number of carboxylic acids is 1. The number of aryl methyl sites for hydroxylation is 1. The van der Waals surface area contributed by atoms with Crippen molar-refractivity contribution in [2.45, 2.75) is 38.3 Å². The molecule has 1 unspecified atom stereocenters. The van der Waals surface area contributed by atoms with Gasteiger partial charge in [0.25, 0.3) is 0 Å². The van der Waals surface area contributed by atoms with Crippen LogP contribution in [0, 0.1) is 0 Å². The molecule has 0 saturated carbocycles.